The molecule has 7 heteroatoms. The Hall–Kier alpha value is -4.10. The van der Waals surface area contributed by atoms with E-state index in [1.807, 2.05) is 55.5 Å². The average molecular weight is 539 g/mol. The molecule has 4 N–H and O–H groups in total. The number of amides is 1. The second-order valence-corrected chi connectivity index (χ2v) is 10.5. The number of hydrogen-bond acceptors (Lipinski definition) is 5. The second-order valence-electron chi connectivity index (χ2n) is 10.5. The summed E-state index contributed by atoms with van der Waals surface area (Å²) in [6.07, 6.45) is 12.7. The van der Waals surface area contributed by atoms with Crippen LogP contribution >= 0.6 is 0 Å². The molecule has 0 bridgehead atoms. The maximum absolute atomic E-state index is 14.8. The molecule has 0 spiro atoms. The van der Waals surface area contributed by atoms with E-state index in [2.05, 4.69) is 5.32 Å². The molecule has 2 aromatic carbocycles. The molecular weight excluding hydrogens is 503 g/mol. The van der Waals surface area contributed by atoms with E-state index >= 15 is 0 Å². The van der Waals surface area contributed by atoms with E-state index in [0.29, 0.717) is 48.6 Å². The van der Waals surface area contributed by atoms with Crippen LogP contribution < -0.4 is 15.8 Å². The first-order chi connectivity index (χ1) is 19.3. The van der Waals surface area contributed by atoms with Crippen molar-refractivity contribution in [3.8, 4) is 5.75 Å². The normalized spacial score (nSPS) is 23.1. The number of allylic oxidation sites excluding steroid dienone is 7. The topological polar surface area (TPSA) is 101 Å². The van der Waals surface area contributed by atoms with Crippen molar-refractivity contribution in [3.63, 3.8) is 0 Å². The molecule has 1 amide bonds. The minimum atomic E-state index is -0.371. The van der Waals surface area contributed by atoms with Crippen LogP contribution in [0.3, 0.4) is 0 Å². The SMILES string of the molecule is CCc1cc(C(=N)/C2=C\C/C=C\C=C3\CC(c4ccc(OC)c(F)c4C)=CN=C32)ccc1C(=O)NC[C@@H]1C[C@@H]1N. The number of rotatable bonds is 8. The Labute approximate surface area is 234 Å². The summed E-state index contributed by atoms with van der Waals surface area (Å²) < 4.78 is 19.9. The van der Waals surface area contributed by atoms with Gasteiger partial charge in [0.05, 0.1) is 18.5 Å². The zero-order chi connectivity index (χ0) is 28.4. The molecule has 1 heterocycles. The Morgan fingerprint density at radius 2 is 2.05 bits per heavy atom. The van der Waals surface area contributed by atoms with E-state index in [-0.39, 0.29) is 23.5 Å². The summed E-state index contributed by atoms with van der Waals surface area (Å²) in [5.74, 6) is 0.108. The van der Waals surface area contributed by atoms with E-state index in [0.717, 1.165) is 45.5 Å². The molecule has 0 saturated heterocycles. The summed E-state index contributed by atoms with van der Waals surface area (Å²) in [5.41, 5.74) is 13.2. The van der Waals surface area contributed by atoms with Gasteiger partial charge in [-0.3, -0.25) is 15.2 Å². The molecule has 0 unspecified atom stereocenters. The molecule has 6 nitrogen and oxygen atoms in total. The number of aliphatic imine (C=N–C) groups is 1. The molecule has 2 atom stereocenters. The lowest BCUT2D eigenvalue weighted by Gasteiger charge is -2.22. The van der Waals surface area contributed by atoms with Gasteiger partial charge in [0, 0.05) is 41.9 Å². The Balaban J connectivity index is 1.44. The Kier molecular flexibility index (Phi) is 7.94. The van der Waals surface area contributed by atoms with Crippen LogP contribution in [0.2, 0.25) is 0 Å². The zero-order valence-corrected chi connectivity index (χ0v) is 23.2. The van der Waals surface area contributed by atoms with Gasteiger partial charge in [0.2, 0.25) is 0 Å². The average Bonchev–Trinajstić information content (AvgIpc) is 3.67. The third-order valence-corrected chi connectivity index (χ3v) is 7.89. The van der Waals surface area contributed by atoms with E-state index in [1.54, 1.807) is 19.2 Å². The minimum Gasteiger partial charge on any atom is -0.494 e. The Morgan fingerprint density at radius 3 is 2.77 bits per heavy atom. The highest BCUT2D eigenvalue weighted by Gasteiger charge is 2.33. The van der Waals surface area contributed by atoms with Crippen LogP contribution in [0.1, 0.15) is 58.8 Å². The maximum Gasteiger partial charge on any atom is 0.251 e. The largest absolute Gasteiger partial charge is 0.494 e. The summed E-state index contributed by atoms with van der Waals surface area (Å²) in [7, 11) is 1.46. The molecule has 3 aliphatic rings. The summed E-state index contributed by atoms with van der Waals surface area (Å²) >= 11 is 0. The first kappa shape index (κ1) is 27.5. The van der Waals surface area contributed by atoms with Crippen LogP contribution in [0.5, 0.6) is 5.75 Å². The van der Waals surface area contributed by atoms with E-state index in [9.17, 15) is 9.18 Å². The van der Waals surface area contributed by atoms with Crippen LogP contribution in [0, 0.1) is 24.1 Å². The fourth-order valence-electron chi connectivity index (χ4n) is 5.28. The number of ether oxygens (including phenoxy) is 1. The number of carbonyl (C=O) groups excluding carboxylic acids is 1. The molecular formula is C33H35FN4O2. The van der Waals surface area contributed by atoms with Crippen LogP contribution in [-0.2, 0) is 6.42 Å². The Morgan fingerprint density at radius 1 is 1.25 bits per heavy atom. The number of nitrogens with two attached hydrogens (primary N) is 1. The quantitative estimate of drug-likeness (QED) is 0.368. The van der Waals surface area contributed by atoms with Gasteiger partial charge in [-0.1, -0.05) is 43.4 Å². The van der Waals surface area contributed by atoms with Gasteiger partial charge >= 0.3 is 0 Å². The number of fused-ring (bicyclic) bond motifs is 1. The second kappa shape index (κ2) is 11.6. The van der Waals surface area contributed by atoms with E-state index in [4.69, 9.17) is 20.9 Å². The minimum absolute atomic E-state index is 0.103. The third-order valence-electron chi connectivity index (χ3n) is 7.89. The zero-order valence-electron chi connectivity index (χ0n) is 23.2. The molecule has 40 heavy (non-hydrogen) atoms. The number of aryl methyl sites for hydroxylation is 1. The van der Waals surface area contributed by atoms with Crippen LogP contribution in [0.15, 0.2) is 77.0 Å². The van der Waals surface area contributed by atoms with Gasteiger partial charge in [-0.15, -0.1) is 0 Å². The number of hydrogen-bond donors (Lipinski definition) is 3. The fourth-order valence-corrected chi connectivity index (χ4v) is 5.28. The predicted molar refractivity (Wildman–Crippen MR) is 159 cm³/mol. The van der Waals surface area contributed by atoms with Crippen LogP contribution in [-0.4, -0.2) is 37.0 Å². The van der Waals surface area contributed by atoms with Crippen LogP contribution in [0.25, 0.3) is 5.57 Å². The highest BCUT2D eigenvalue weighted by molar-refractivity contribution is 6.34. The Bertz CT molecular complexity index is 1530. The van der Waals surface area contributed by atoms with Gasteiger partial charge in [-0.05, 0) is 78.1 Å². The van der Waals surface area contributed by atoms with E-state index < -0.39 is 0 Å². The third kappa shape index (κ3) is 5.47. The van der Waals surface area contributed by atoms with Crippen molar-refractivity contribution in [1.82, 2.24) is 5.32 Å². The smallest absolute Gasteiger partial charge is 0.251 e. The molecule has 2 aliphatic carbocycles. The first-order valence-electron chi connectivity index (χ1n) is 13.7. The molecule has 1 saturated carbocycles. The van der Waals surface area contributed by atoms with Crippen molar-refractivity contribution in [3.05, 3.63) is 106 Å². The van der Waals surface area contributed by atoms with Gasteiger partial charge < -0.3 is 15.8 Å². The first-order valence-corrected chi connectivity index (χ1v) is 13.7. The molecule has 1 fully saturated rings. The lowest BCUT2D eigenvalue weighted by atomic mass is 9.85. The standard InChI is InChI=1S/C33H35FN4O2/c1-4-20-14-21(10-11-26(20)33(39)38-18-24-16-28(24)35)31(36)27-9-7-5-6-8-22-15-23(17-37-32(22)27)25-12-13-29(40-3)30(34)19(25)2/h5-6,8-14,17,24,28,36H,4,7,15-16,18,35H2,1-3H3,(H,38,39)/b6-5-,22-8-,27-9+,36-31?/t24-,28-/m0/s1. The molecule has 5 rings (SSSR count). The summed E-state index contributed by atoms with van der Waals surface area (Å²) in [4.78, 5) is 17.7. The number of carbonyl (C=O) groups is 1. The van der Waals surface area contributed by atoms with Crippen molar-refractivity contribution in [2.45, 2.75) is 45.6 Å². The lowest BCUT2D eigenvalue weighted by molar-refractivity contribution is 0.0950. The number of nitrogens with one attached hydrogen (secondary N) is 2. The molecule has 0 aromatic heterocycles. The van der Waals surface area contributed by atoms with Gasteiger partial charge in [-0.25, -0.2) is 4.39 Å². The summed E-state index contributed by atoms with van der Waals surface area (Å²) in [6.45, 7) is 4.35. The van der Waals surface area contributed by atoms with Crippen molar-refractivity contribution in [2.24, 2.45) is 16.6 Å². The van der Waals surface area contributed by atoms with Gasteiger partial charge in [0.15, 0.2) is 11.6 Å². The van der Waals surface area contributed by atoms with Crippen LogP contribution in [0.4, 0.5) is 4.39 Å². The molecule has 1 aliphatic heterocycles. The number of methoxy groups -OCH3 is 1. The highest BCUT2D eigenvalue weighted by Crippen LogP contribution is 2.35. The van der Waals surface area contributed by atoms with Crippen molar-refractivity contribution in [2.75, 3.05) is 13.7 Å². The van der Waals surface area contributed by atoms with Crippen molar-refractivity contribution >= 4 is 22.9 Å². The van der Waals surface area contributed by atoms with Gasteiger partial charge in [0.25, 0.3) is 5.91 Å². The summed E-state index contributed by atoms with van der Waals surface area (Å²) in [6, 6.07) is 9.28. The molecule has 206 valence electrons. The monoisotopic (exact) mass is 538 g/mol. The molecule has 0 radical (unpaired) electrons. The highest BCUT2D eigenvalue weighted by atomic mass is 19.1. The number of benzene rings is 2. The number of nitrogens with zero attached hydrogens (tertiary/aromatic N) is 1. The van der Waals surface area contributed by atoms with E-state index in [1.165, 1.54) is 7.11 Å². The van der Waals surface area contributed by atoms with Crippen molar-refractivity contribution < 1.29 is 13.9 Å². The van der Waals surface area contributed by atoms with Crippen molar-refractivity contribution in [1.29, 1.82) is 5.41 Å². The lowest BCUT2D eigenvalue weighted by Crippen LogP contribution is -2.28. The van der Waals surface area contributed by atoms with Gasteiger partial charge in [-0.2, -0.15) is 0 Å². The number of halogens is 1. The molecule has 2 aromatic rings. The fraction of sp³-hybridized carbons (Fsp3) is 0.303. The van der Waals surface area contributed by atoms with Gasteiger partial charge in [0.1, 0.15) is 0 Å². The summed E-state index contributed by atoms with van der Waals surface area (Å²) in [5, 5.41) is 12.2. The predicted octanol–water partition coefficient (Wildman–Crippen LogP) is 5.85. The maximum atomic E-state index is 14.8.